The van der Waals surface area contributed by atoms with Crippen molar-refractivity contribution in [2.75, 3.05) is 20.1 Å². The van der Waals surface area contributed by atoms with E-state index in [0.29, 0.717) is 11.8 Å². The van der Waals surface area contributed by atoms with Crippen LogP contribution in [0.1, 0.15) is 24.1 Å². The molecule has 19 heavy (non-hydrogen) atoms. The smallest absolute Gasteiger partial charge is 0.239 e. The molecule has 0 spiro atoms. The number of nitrogens with zero attached hydrogens (tertiary/aromatic N) is 1. The molecule has 3 atom stereocenters. The van der Waals surface area contributed by atoms with E-state index in [2.05, 4.69) is 22.8 Å². The lowest BCUT2D eigenvalue weighted by molar-refractivity contribution is -0.132. The molecule has 1 aliphatic carbocycles. The summed E-state index contributed by atoms with van der Waals surface area (Å²) in [4.78, 5) is 15.8. The van der Waals surface area contributed by atoms with Gasteiger partial charge >= 0.3 is 0 Å². The third kappa shape index (κ3) is 2.70. The Morgan fingerprint density at radius 1 is 1.53 bits per heavy atom. The Kier molecular flexibility index (Phi) is 3.89. The van der Waals surface area contributed by atoms with Crippen LogP contribution in [0.5, 0.6) is 0 Å². The van der Waals surface area contributed by atoms with Crippen molar-refractivity contribution in [3.05, 3.63) is 22.4 Å². The molecular weight excluding hydrogens is 256 g/mol. The fourth-order valence-electron chi connectivity index (χ4n) is 3.54. The average molecular weight is 278 g/mol. The fraction of sp³-hybridized carbons (Fsp3) is 0.667. The van der Waals surface area contributed by atoms with Gasteiger partial charge in [-0.25, -0.2) is 0 Å². The van der Waals surface area contributed by atoms with Crippen LogP contribution in [0.3, 0.4) is 0 Å². The lowest BCUT2D eigenvalue weighted by Crippen LogP contribution is -2.45. The van der Waals surface area contributed by atoms with Gasteiger partial charge in [-0.2, -0.15) is 0 Å². The lowest BCUT2D eigenvalue weighted by Gasteiger charge is -2.24. The third-order valence-electron chi connectivity index (χ3n) is 4.66. The highest BCUT2D eigenvalue weighted by Gasteiger charge is 2.43. The van der Waals surface area contributed by atoms with Gasteiger partial charge in [0.1, 0.15) is 0 Å². The first-order valence-corrected chi connectivity index (χ1v) is 8.14. The van der Waals surface area contributed by atoms with Crippen LogP contribution in [0.25, 0.3) is 0 Å². The Hall–Kier alpha value is -0.870. The molecule has 1 N–H and O–H groups in total. The van der Waals surface area contributed by atoms with E-state index < -0.39 is 0 Å². The van der Waals surface area contributed by atoms with Crippen molar-refractivity contribution < 1.29 is 4.79 Å². The zero-order chi connectivity index (χ0) is 13.2. The van der Waals surface area contributed by atoms with Gasteiger partial charge in [-0.05, 0) is 49.1 Å². The monoisotopic (exact) mass is 278 g/mol. The van der Waals surface area contributed by atoms with Crippen molar-refractivity contribution in [2.45, 2.75) is 31.7 Å². The highest BCUT2D eigenvalue weighted by Crippen LogP contribution is 2.38. The summed E-state index contributed by atoms with van der Waals surface area (Å²) in [5.74, 6) is 1.64. The van der Waals surface area contributed by atoms with Gasteiger partial charge in [0.25, 0.3) is 0 Å². The minimum atomic E-state index is 0.0841. The van der Waals surface area contributed by atoms with E-state index in [4.69, 9.17) is 0 Å². The van der Waals surface area contributed by atoms with E-state index in [1.807, 2.05) is 11.9 Å². The van der Waals surface area contributed by atoms with Crippen LogP contribution < -0.4 is 5.32 Å². The summed E-state index contributed by atoms with van der Waals surface area (Å²) < 4.78 is 0. The topological polar surface area (TPSA) is 32.3 Å². The number of fused-ring (bicyclic) bond motifs is 1. The van der Waals surface area contributed by atoms with E-state index in [9.17, 15) is 4.79 Å². The van der Waals surface area contributed by atoms with Gasteiger partial charge in [0.15, 0.2) is 0 Å². The predicted octanol–water partition coefficient (Wildman–Crippen LogP) is 2.14. The number of likely N-dealkylation sites (N-methyl/N-ethyl adjacent to an activating group) is 1. The minimum absolute atomic E-state index is 0.0841. The zero-order valence-electron chi connectivity index (χ0n) is 11.5. The van der Waals surface area contributed by atoms with E-state index in [-0.39, 0.29) is 6.04 Å². The average Bonchev–Trinajstić information content (AvgIpc) is 3.11. The number of rotatable bonds is 4. The molecule has 2 fully saturated rings. The predicted molar refractivity (Wildman–Crippen MR) is 78.3 cm³/mol. The first kappa shape index (κ1) is 13.1. The summed E-state index contributed by atoms with van der Waals surface area (Å²) in [6.07, 6.45) is 4.81. The Morgan fingerprint density at radius 3 is 3.21 bits per heavy atom. The normalized spacial score (nSPS) is 29.4. The number of amides is 1. The first-order chi connectivity index (χ1) is 9.25. The molecule has 3 unspecified atom stereocenters. The number of carbonyl (C=O) groups excluding carboxylic acids is 1. The molecule has 1 aromatic heterocycles. The maximum atomic E-state index is 12.5. The molecule has 1 aliphatic heterocycles. The Bertz CT molecular complexity index is 431. The molecule has 4 heteroatoms. The van der Waals surface area contributed by atoms with Crippen LogP contribution >= 0.6 is 11.3 Å². The van der Waals surface area contributed by atoms with Gasteiger partial charge in [-0.1, -0.05) is 12.5 Å². The van der Waals surface area contributed by atoms with Crippen molar-refractivity contribution in [1.82, 2.24) is 10.2 Å². The van der Waals surface area contributed by atoms with Crippen molar-refractivity contribution in [1.29, 1.82) is 0 Å². The Balaban J connectivity index is 1.54. The van der Waals surface area contributed by atoms with E-state index in [1.54, 1.807) is 11.3 Å². The van der Waals surface area contributed by atoms with Crippen molar-refractivity contribution in [3.63, 3.8) is 0 Å². The van der Waals surface area contributed by atoms with Gasteiger partial charge in [0.2, 0.25) is 5.91 Å². The second kappa shape index (κ2) is 5.63. The summed E-state index contributed by atoms with van der Waals surface area (Å²) in [7, 11) is 1.94. The van der Waals surface area contributed by atoms with Crippen LogP contribution in [0.15, 0.2) is 17.5 Å². The number of carbonyl (C=O) groups is 1. The second-order valence-corrected chi connectivity index (χ2v) is 6.86. The van der Waals surface area contributed by atoms with Gasteiger partial charge in [-0.3, -0.25) is 4.79 Å². The largest absolute Gasteiger partial charge is 0.344 e. The van der Waals surface area contributed by atoms with E-state index >= 15 is 0 Å². The first-order valence-electron chi connectivity index (χ1n) is 7.26. The van der Waals surface area contributed by atoms with Crippen molar-refractivity contribution in [2.24, 2.45) is 11.8 Å². The minimum Gasteiger partial charge on any atom is -0.344 e. The summed E-state index contributed by atoms with van der Waals surface area (Å²) >= 11 is 1.77. The summed E-state index contributed by atoms with van der Waals surface area (Å²) in [6, 6.07) is 4.30. The standard InChI is InChI=1S/C15H22N2OS/c1-17(8-7-12-5-3-9-19-12)15(18)14-13-6-2-4-11(13)10-16-14/h3,5,9,11,13-14,16H,2,4,6-8,10H2,1H3. The highest BCUT2D eigenvalue weighted by molar-refractivity contribution is 7.09. The van der Waals surface area contributed by atoms with Gasteiger partial charge in [0.05, 0.1) is 6.04 Å². The number of hydrogen-bond acceptors (Lipinski definition) is 3. The van der Waals surface area contributed by atoms with E-state index in [1.165, 1.54) is 24.1 Å². The molecule has 0 bridgehead atoms. The molecule has 3 rings (SSSR count). The maximum Gasteiger partial charge on any atom is 0.239 e. The molecule has 2 heterocycles. The highest BCUT2D eigenvalue weighted by atomic mass is 32.1. The number of nitrogens with one attached hydrogen (secondary N) is 1. The molecule has 1 saturated heterocycles. The van der Waals surface area contributed by atoms with Gasteiger partial charge < -0.3 is 10.2 Å². The lowest BCUT2D eigenvalue weighted by atomic mass is 9.93. The van der Waals surface area contributed by atoms with Crippen LogP contribution in [0, 0.1) is 11.8 Å². The Morgan fingerprint density at radius 2 is 2.42 bits per heavy atom. The molecule has 1 amide bonds. The molecular formula is C15H22N2OS. The fourth-order valence-corrected chi connectivity index (χ4v) is 4.24. The van der Waals surface area contributed by atoms with Gasteiger partial charge in [-0.15, -0.1) is 11.3 Å². The second-order valence-electron chi connectivity index (χ2n) is 5.83. The number of hydrogen-bond donors (Lipinski definition) is 1. The zero-order valence-corrected chi connectivity index (χ0v) is 12.3. The van der Waals surface area contributed by atoms with Crippen LogP contribution in [0.4, 0.5) is 0 Å². The maximum absolute atomic E-state index is 12.5. The molecule has 0 aromatic carbocycles. The number of thiophene rings is 1. The van der Waals surface area contributed by atoms with E-state index in [0.717, 1.165) is 25.4 Å². The SMILES string of the molecule is CN(CCc1cccs1)C(=O)C1NCC2CCCC21. The van der Waals surface area contributed by atoms with Crippen LogP contribution in [-0.4, -0.2) is 37.0 Å². The van der Waals surface area contributed by atoms with Gasteiger partial charge in [0, 0.05) is 18.5 Å². The molecule has 1 saturated carbocycles. The quantitative estimate of drug-likeness (QED) is 0.915. The Labute approximate surface area is 119 Å². The molecule has 1 aromatic rings. The van der Waals surface area contributed by atoms with Crippen LogP contribution in [0.2, 0.25) is 0 Å². The molecule has 2 aliphatic rings. The molecule has 0 radical (unpaired) electrons. The molecule has 3 nitrogen and oxygen atoms in total. The summed E-state index contributed by atoms with van der Waals surface area (Å²) in [5, 5.41) is 5.54. The summed E-state index contributed by atoms with van der Waals surface area (Å²) in [5.41, 5.74) is 0. The third-order valence-corrected chi connectivity index (χ3v) is 5.60. The summed E-state index contributed by atoms with van der Waals surface area (Å²) in [6.45, 7) is 1.87. The van der Waals surface area contributed by atoms with Crippen molar-refractivity contribution in [3.8, 4) is 0 Å². The van der Waals surface area contributed by atoms with Crippen molar-refractivity contribution >= 4 is 17.2 Å². The van der Waals surface area contributed by atoms with Crippen LogP contribution in [-0.2, 0) is 11.2 Å². The molecule has 104 valence electrons.